The van der Waals surface area contributed by atoms with Crippen molar-refractivity contribution in [3.05, 3.63) is 59.7 Å². The van der Waals surface area contributed by atoms with E-state index in [1.807, 2.05) is 48.5 Å². The van der Waals surface area contributed by atoms with Crippen molar-refractivity contribution in [2.24, 2.45) is 5.92 Å². The third kappa shape index (κ3) is 2.76. The predicted molar refractivity (Wildman–Crippen MR) is 94.2 cm³/mol. The van der Waals surface area contributed by atoms with Crippen LogP contribution in [-0.2, 0) is 9.53 Å². The van der Waals surface area contributed by atoms with E-state index in [0.717, 1.165) is 22.3 Å². The lowest BCUT2D eigenvalue weighted by Crippen LogP contribution is -2.49. The highest BCUT2D eigenvalue weighted by molar-refractivity contribution is 5.85. The summed E-state index contributed by atoms with van der Waals surface area (Å²) in [5.41, 5.74) is 3.87. The Hall–Kier alpha value is -2.82. The molecule has 25 heavy (non-hydrogen) atoms. The summed E-state index contributed by atoms with van der Waals surface area (Å²) in [5, 5.41) is 9.77. The van der Waals surface area contributed by atoms with Crippen LogP contribution in [0.5, 0.6) is 0 Å². The van der Waals surface area contributed by atoms with Gasteiger partial charge >= 0.3 is 12.1 Å². The first-order valence-corrected chi connectivity index (χ1v) is 8.24. The zero-order chi connectivity index (χ0) is 18.1. The van der Waals surface area contributed by atoms with E-state index in [1.165, 1.54) is 12.0 Å². The molecule has 0 spiro atoms. The molecule has 0 saturated carbocycles. The Balaban J connectivity index is 2.22. The van der Waals surface area contributed by atoms with Gasteiger partial charge in [0.1, 0.15) is 6.04 Å². The Morgan fingerprint density at radius 3 is 1.88 bits per heavy atom. The van der Waals surface area contributed by atoms with Crippen molar-refractivity contribution in [2.45, 2.75) is 25.9 Å². The van der Waals surface area contributed by atoms with E-state index in [-0.39, 0.29) is 5.92 Å². The van der Waals surface area contributed by atoms with E-state index >= 15 is 0 Å². The Morgan fingerprint density at radius 1 is 1.00 bits per heavy atom. The van der Waals surface area contributed by atoms with Crippen LogP contribution in [0.1, 0.15) is 31.0 Å². The molecular formula is C20H21NO4. The molecule has 1 atom stereocenters. The van der Waals surface area contributed by atoms with Gasteiger partial charge in [0, 0.05) is 0 Å². The van der Waals surface area contributed by atoms with Gasteiger partial charge in [-0.05, 0) is 28.2 Å². The van der Waals surface area contributed by atoms with E-state index in [4.69, 9.17) is 4.74 Å². The van der Waals surface area contributed by atoms with Crippen LogP contribution in [0.25, 0.3) is 11.1 Å². The zero-order valence-electron chi connectivity index (χ0n) is 14.5. The molecule has 0 unspecified atom stereocenters. The summed E-state index contributed by atoms with van der Waals surface area (Å²) in [7, 11) is 1.28. The highest BCUT2D eigenvalue weighted by Gasteiger charge is 2.43. The van der Waals surface area contributed by atoms with Crippen molar-refractivity contribution < 1.29 is 19.4 Å². The number of methoxy groups -OCH3 is 1. The zero-order valence-corrected chi connectivity index (χ0v) is 14.5. The maximum atomic E-state index is 12.6. The highest BCUT2D eigenvalue weighted by Crippen LogP contribution is 2.47. The predicted octanol–water partition coefficient (Wildman–Crippen LogP) is 3.93. The first kappa shape index (κ1) is 17.0. The number of fused-ring (bicyclic) bond motifs is 3. The molecular weight excluding hydrogens is 318 g/mol. The van der Waals surface area contributed by atoms with Crippen LogP contribution in [0.3, 0.4) is 0 Å². The lowest BCUT2D eigenvalue weighted by Gasteiger charge is -2.35. The van der Waals surface area contributed by atoms with Crippen LogP contribution < -0.4 is 0 Å². The van der Waals surface area contributed by atoms with Gasteiger partial charge in [-0.3, -0.25) is 4.90 Å². The summed E-state index contributed by atoms with van der Waals surface area (Å²) in [5.74, 6) is -1.31. The van der Waals surface area contributed by atoms with Crippen molar-refractivity contribution in [1.29, 1.82) is 0 Å². The minimum absolute atomic E-state index is 0.267. The number of nitrogens with zero attached hydrogens (tertiary/aromatic N) is 1. The molecule has 0 aromatic heterocycles. The number of rotatable bonds is 4. The van der Waals surface area contributed by atoms with Crippen molar-refractivity contribution in [1.82, 2.24) is 4.90 Å². The quantitative estimate of drug-likeness (QED) is 0.916. The average Bonchev–Trinajstić information content (AvgIpc) is 2.92. The second-order valence-electron chi connectivity index (χ2n) is 6.48. The SMILES string of the molecule is COC(=O)N(C1c2ccccc2-c2ccccc21)[C@@H](C(=O)O)C(C)C. The molecule has 1 N–H and O–H groups in total. The fraction of sp³-hybridized carbons (Fsp3) is 0.300. The number of hydrogen-bond acceptors (Lipinski definition) is 3. The number of carboxylic acids is 1. The maximum Gasteiger partial charge on any atom is 0.411 e. The van der Waals surface area contributed by atoms with Crippen LogP contribution >= 0.6 is 0 Å². The number of ether oxygens (including phenoxy) is 1. The molecule has 2 aromatic rings. The molecule has 1 aliphatic carbocycles. The minimum atomic E-state index is -1.04. The van der Waals surface area contributed by atoms with Gasteiger partial charge in [0.05, 0.1) is 13.2 Å². The standard InChI is InChI=1S/C20H21NO4/c1-12(2)17(19(22)23)21(20(24)25-3)18-15-10-6-4-8-13(15)14-9-5-7-11-16(14)18/h4-12,17-18H,1-3H3,(H,22,23)/t17-/m1/s1. The summed E-state index contributed by atoms with van der Waals surface area (Å²) in [6.45, 7) is 3.59. The minimum Gasteiger partial charge on any atom is -0.480 e. The van der Waals surface area contributed by atoms with Gasteiger partial charge in [0.15, 0.2) is 0 Å². The fourth-order valence-electron chi connectivity index (χ4n) is 3.64. The van der Waals surface area contributed by atoms with Gasteiger partial charge in [-0.2, -0.15) is 0 Å². The third-order valence-corrected chi connectivity index (χ3v) is 4.65. The van der Waals surface area contributed by atoms with Crippen LogP contribution in [0.2, 0.25) is 0 Å². The van der Waals surface area contributed by atoms with Gasteiger partial charge in [-0.15, -0.1) is 0 Å². The molecule has 2 aromatic carbocycles. The second kappa shape index (κ2) is 6.59. The lowest BCUT2D eigenvalue weighted by atomic mass is 9.96. The van der Waals surface area contributed by atoms with Crippen LogP contribution in [0.4, 0.5) is 4.79 Å². The highest BCUT2D eigenvalue weighted by atomic mass is 16.5. The van der Waals surface area contributed by atoms with E-state index < -0.39 is 24.1 Å². The summed E-state index contributed by atoms with van der Waals surface area (Å²) < 4.78 is 4.96. The van der Waals surface area contributed by atoms with E-state index in [2.05, 4.69) is 0 Å². The number of carbonyl (C=O) groups is 2. The molecule has 130 valence electrons. The van der Waals surface area contributed by atoms with Gasteiger partial charge in [-0.1, -0.05) is 62.4 Å². The number of aliphatic carboxylic acids is 1. The number of benzene rings is 2. The molecule has 0 heterocycles. The molecule has 0 bridgehead atoms. The van der Waals surface area contributed by atoms with E-state index in [9.17, 15) is 14.7 Å². The monoisotopic (exact) mass is 339 g/mol. The Labute approximate surface area is 146 Å². The maximum absolute atomic E-state index is 12.6. The molecule has 0 radical (unpaired) electrons. The topological polar surface area (TPSA) is 66.8 Å². The van der Waals surface area contributed by atoms with Crippen molar-refractivity contribution >= 4 is 12.1 Å². The smallest absolute Gasteiger partial charge is 0.411 e. The van der Waals surface area contributed by atoms with Gasteiger partial charge in [0.2, 0.25) is 0 Å². The van der Waals surface area contributed by atoms with Crippen LogP contribution in [0.15, 0.2) is 48.5 Å². The lowest BCUT2D eigenvalue weighted by molar-refractivity contribution is -0.145. The fourth-order valence-corrected chi connectivity index (χ4v) is 3.64. The van der Waals surface area contributed by atoms with Crippen LogP contribution in [0, 0.1) is 5.92 Å². The molecule has 3 rings (SSSR count). The number of amides is 1. The summed E-state index contributed by atoms with van der Waals surface area (Å²) in [4.78, 5) is 25.9. The molecule has 0 fully saturated rings. The summed E-state index contributed by atoms with van der Waals surface area (Å²) in [6.07, 6.45) is -0.641. The van der Waals surface area contributed by atoms with E-state index in [1.54, 1.807) is 13.8 Å². The molecule has 5 heteroatoms. The molecule has 1 amide bonds. The normalized spacial score (nSPS) is 13.9. The Morgan fingerprint density at radius 2 is 1.48 bits per heavy atom. The van der Waals surface area contributed by atoms with Crippen molar-refractivity contribution in [2.75, 3.05) is 7.11 Å². The van der Waals surface area contributed by atoms with Crippen molar-refractivity contribution in [3.8, 4) is 11.1 Å². The number of hydrogen-bond donors (Lipinski definition) is 1. The molecule has 0 aliphatic heterocycles. The van der Waals surface area contributed by atoms with Gasteiger partial charge in [0.25, 0.3) is 0 Å². The average molecular weight is 339 g/mol. The largest absolute Gasteiger partial charge is 0.480 e. The number of carbonyl (C=O) groups excluding carboxylic acids is 1. The van der Waals surface area contributed by atoms with Crippen molar-refractivity contribution in [3.63, 3.8) is 0 Å². The summed E-state index contributed by atoms with van der Waals surface area (Å²) >= 11 is 0. The Kier molecular flexibility index (Phi) is 4.49. The first-order chi connectivity index (χ1) is 12.0. The Bertz CT molecular complexity index is 769. The first-order valence-electron chi connectivity index (χ1n) is 8.24. The molecule has 0 saturated heterocycles. The number of carboxylic acid groups (broad SMARTS) is 1. The van der Waals surface area contributed by atoms with Gasteiger partial charge < -0.3 is 9.84 Å². The summed E-state index contributed by atoms with van der Waals surface area (Å²) in [6, 6.07) is 14.1. The second-order valence-corrected chi connectivity index (χ2v) is 6.48. The van der Waals surface area contributed by atoms with Gasteiger partial charge in [-0.25, -0.2) is 9.59 Å². The molecule has 5 nitrogen and oxygen atoms in total. The molecule has 1 aliphatic rings. The third-order valence-electron chi connectivity index (χ3n) is 4.65. The van der Waals surface area contributed by atoms with Crippen LogP contribution in [-0.4, -0.2) is 35.2 Å². The van der Waals surface area contributed by atoms with E-state index in [0.29, 0.717) is 0 Å².